The minimum absolute atomic E-state index is 0.641. The van der Waals surface area contributed by atoms with Gasteiger partial charge in [0, 0.05) is 38.4 Å². The van der Waals surface area contributed by atoms with Gasteiger partial charge in [-0.2, -0.15) is 0 Å². The fraction of sp³-hybridized carbons (Fsp3) is 0. The number of aromatic nitrogens is 7. The Morgan fingerprint density at radius 3 is 1.29 bits per heavy atom. The molecule has 5 heterocycles. The van der Waals surface area contributed by atoms with Gasteiger partial charge in [0.2, 0.25) is 0 Å². The maximum Gasteiger partial charge on any atom is 0.164 e. The summed E-state index contributed by atoms with van der Waals surface area (Å²) in [6.07, 6.45) is 3.83. The van der Waals surface area contributed by atoms with Crippen LogP contribution in [0.15, 0.2) is 238 Å². The number of nitrogens with zero attached hydrogens (tertiary/aromatic N) is 7. The van der Waals surface area contributed by atoms with Crippen LogP contribution in [0, 0.1) is 0 Å². The van der Waals surface area contributed by atoms with Gasteiger partial charge >= 0.3 is 0 Å². The van der Waals surface area contributed by atoms with Crippen LogP contribution in [-0.2, 0) is 0 Å². The van der Waals surface area contributed by atoms with Crippen LogP contribution in [0.5, 0.6) is 0 Å². The Labute approximate surface area is 415 Å². The molecule has 0 radical (unpaired) electrons. The van der Waals surface area contributed by atoms with Crippen molar-refractivity contribution in [2.24, 2.45) is 0 Å². The zero-order valence-corrected chi connectivity index (χ0v) is 39.1. The number of hydrogen-bond donors (Lipinski definition) is 0. The van der Waals surface area contributed by atoms with Gasteiger partial charge in [-0.3, -0.25) is 8.80 Å². The van der Waals surface area contributed by atoms with Crippen LogP contribution in [0.25, 0.3) is 134 Å². The quantitative estimate of drug-likeness (QED) is 0.149. The topological polar surface area (TPSA) is 73.3 Å². The van der Waals surface area contributed by atoms with Gasteiger partial charge in [-0.25, -0.2) is 24.9 Å². The fourth-order valence-electron chi connectivity index (χ4n) is 10.1. The molecule has 7 heteroatoms. The summed E-state index contributed by atoms with van der Waals surface area (Å²) < 4.78 is 4.45. The van der Waals surface area contributed by atoms with Gasteiger partial charge < -0.3 is 0 Å². The van der Waals surface area contributed by atoms with Crippen molar-refractivity contribution in [3.63, 3.8) is 0 Å². The van der Waals surface area contributed by atoms with Crippen molar-refractivity contribution in [3.05, 3.63) is 249 Å². The summed E-state index contributed by atoms with van der Waals surface area (Å²) in [5, 5.41) is 5.61. The van der Waals surface area contributed by atoms with Crippen LogP contribution in [0.3, 0.4) is 0 Å². The van der Waals surface area contributed by atoms with Gasteiger partial charge in [-0.05, 0) is 93.7 Å². The van der Waals surface area contributed by atoms with Gasteiger partial charge in [-0.15, -0.1) is 0 Å². The Balaban J connectivity index is 0.000000142. The SMILES string of the molecule is C=Cc1c(C=C)n2c3ccccc3nc2c2ccc(-c3ccc(-c4ccccc4)cc3)cc12.c1ccc(-c2nc(-c3ccccc3)nc(-c3ccc4c(c3)c3ccccc3n3c5ccccc5nc43)n2)cc1. The van der Waals surface area contributed by atoms with E-state index in [1.54, 1.807) is 0 Å². The number of benzene rings is 9. The highest BCUT2D eigenvalue weighted by atomic mass is 15.0. The summed E-state index contributed by atoms with van der Waals surface area (Å²) in [5.41, 5.74) is 16.9. The predicted molar refractivity (Wildman–Crippen MR) is 299 cm³/mol. The number of rotatable bonds is 7. The highest BCUT2D eigenvalue weighted by molar-refractivity contribution is 6.14. The molecular weight excluding hydrogens is 879 g/mol. The van der Waals surface area contributed by atoms with Crippen LogP contribution < -0.4 is 0 Å². The van der Waals surface area contributed by atoms with E-state index in [2.05, 4.69) is 161 Å². The fourth-order valence-corrected chi connectivity index (χ4v) is 10.1. The second kappa shape index (κ2) is 17.6. The summed E-state index contributed by atoms with van der Waals surface area (Å²) >= 11 is 0. The zero-order valence-electron chi connectivity index (χ0n) is 39.1. The number of para-hydroxylation sites is 5. The lowest BCUT2D eigenvalue weighted by Gasteiger charge is -2.13. The average Bonchev–Trinajstić information content (AvgIpc) is 4.05. The lowest BCUT2D eigenvalue weighted by atomic mass is 9.96. The molecule has 338 valence electrons. The standard InChI is InChI=1S/C34H21N5.C31H22N2/c1-3-11-22(12-4-1)31-36-32(23-13-5-2-6-14-23)38-33(37-31)24-19-20-26-27(21-24)25-15-7-9-17-29(25)39-30-18-10-8-16-28(30)35-34(26)39;1-3-25-27-20-24(23-16-14-22(15-17-23)21-10-6-5-7-11-21)18-19-26(27)31-32-28-12-8-9-13-30(28)33(31)29(25)4-2/h1-21H;3-20H,1-2H2. The van der Waals surface area contributed by atoms with E-state index in [0.29, 0.717) is 17.5 Å². The van der Waals surface area contributed by atoms with E-state index in [1.807, 2.05) is 97.1 Å². The summed E-state index contributed by atoms with van der Waals surface area (Å²) in [6, 6.07) is 77.4. The summed E-state index contributed by atoms with van der Waals surface area (Å²) in [6.45, 7) is 8.23. The second-order valence-corrected chi connectivity index (χ2v) is 17.7. The molecule has 72 heavy (non-hydrogen) atoms. The zero-order chi connectivity index (χ0) is 48.1. The lowest BCUT2D eigenvalue weighted by molar-refractivity contribution is 1.07. The molecule has 0 fully saturated rings. The minimum atomic E-state index is 0.641. The Morgan fingerprint density at radius 1 is 0.292 bits per heavy atom. The van der Waals surface area contributed by atoms with Gasteiger partial charge in [0.05, 0.1) is 33.3 Å². The Bertz CT molecular complexity index is 4350. The molecule has 0 spiro atoms. The Morgan fingerprint density at radius 2 is 0.708 bits per heavy atom. The highest BCUT2D eigenvalue weighted by Crippen LogP contribution is 2.37. The first-order valence-electron chi connectivity index (χ1n) is 24.0. The first-order valence-corrected chi connectivity index (χ1v) is 24.0. The molecule has 5 aromatic heterocycles. The van der Waals surface area contributed by atoms with Crippen molar-refractivity contribution in [2.75, 3.05) is 0 Å². The number of fused-ring (bicyclic) bond motifs is 13. The van der Waals surface area contributed by atoms with Gasteiger partial charge in [0.15, 0.2) is 17.5 Å². The summed E-state index contributed by atoms with van der Waals surface area (Å²) in [7, 11) is 0. The normalized spacial score (nSPS) is 11.4. The first kappa shape index (κ1) is 42.3. The number of hydrogen-bond acceptors (Lipinski definition) is 5. The minimum Gasteiger partial charge on any atom is -0.292 e. The van der Waals surface area contributed by atoms with Crippen LogP contribution in [0.4, 0.5) is 0 Å². The van der Waals surface area contributed by atoms with Crippen molar-refractivity contribution >= 4 is 78.0 Å². The van der Waals surface area contributed by atoms with E-state index in [9.17, 15) is 0 Å². The molecule has 0 amide bonds. The highest BCUT2D eigenvalue weighted by Gasteiger charge is 2.19. The summed E-state index contributed by atoms with van der Waals surface area (Å²) in [5.74, 6) is 1.95. The van der Waals surface area contributed by atoms with Crippen molar-refractivity contribution < 1.29 is 0 Å². The molecule has 9 aromatic carbocycles. The van der Waals surface area contributed by atoms with Crippen LogP contribution in [0.2, 0.25) is 0 Å². The third-order valence-electron chi connectivity index (χ3n) is 13.6. The molecule has 0 atom stereocenters. The molecule has 0 unspecified atom stereocenters. The molecule has 0 aliphatic rings. The maximum atomic E-state index is 5.03. The van der Waals surface area contributed by atoms with Gasteiger partial charge in [-0.1, -0.05) is 189 Å². The molecule has 0 aliphatic heterocycles. The van der Waals surface area contributed by atoms with E-state index < -0.39 is 0 Å². The third-order valence-corrected chi connectivity index (χ3v) is 13.6. The molecule has 14 rings (SSSR count). The summed E-state index contributed by atoms with van der Waals surface area (Å²) in [4.78, 5) is 24.7. The van der Waals surface area contributed by atoms with E-state index in [4.69, 9.17) is 24.9 Å². The smallest absolute Gasteiger partial charge is 0.164 e. The monoisotopic (exact) mass is 921 g/mol. The van der Waals surface area contributed by atoms with Crippen molar-refractivity contribution in [3.8, 4) is 56.4 Å². The molecule has 7 nitrogen and oxygen atoms in total. The Hall–Kier alpha value is -9.85. The van der Waals surface area contributed by atoms with E-state index in [0.717, 1.165) is 93.8 Å². The third kappa shape index (κ3) is 7.18. The van der Waals surface area contributed by atoms with Gasteiger partial charge in [0.1, 0.15) is 11.3 Å². The molecule has 0 saturated carbocycles. The molecule has 0 N–H and O–H groups in total. The Kier molecular flexibility index (Phi) is 10.3. The van der Waals surface area contributed by atoms with Crippen LogP contribution in [0.1, 0.15) is 11.3 Å². The molecular formula is C65H43N7. The predicted octanol–water partition coefficient (Wildman–Crippen LogP) is 16.2. The van der Waals surface area contributed by atoms with Crippen LogP contribution >= 0.6 is 0 Å². The average molecular weight is 922 g/mol. The largest absolute Gasteiger partial charge is 0.292 e. The number of imidazole rings is 2. The van der Waals surface area contributed by atoms with Crippen LogP contribution in [-0.4, -0.2) is 33.7 Å². The molecule has 0 aliphatic carbocycles. The lowest BCUT2D eigenvalue weighted by Crippen LogP contribution is -2.00. The van der Waals surface area contributed by atoms with E-state index in [-0.39, 0.29) is 0 Å². The van der Waals surface area contributed by atoms with Crippen molar-refractivity contribution in [2.45, 2.75) is 0 Å². The molecule has 0 saturated heterocycles. The van der Waals surface area contributed by atoms with E-state index >= 15 is 0 Å². The van der Waals surface area contributed by atoms with Crippen molar-refractivity contribution in [1.82, 2.24) is 33.7 Å². The molecule has 0 bridgehead atoms. The number of pyridine rings is 2. The maximum absolute atomic E-state index is 5.03. The second-order valence-electron chi connectivity index (χ2n) is 17.7. The van der Waals surface area contributed by atoms with Crippen molar-refractivity contribution in [1.29, 1.82) is 0 Å². The molecule has 14 aromatic rings. The van der Waals surface area contributed by atoms with Gasteiger partial charge in [0.25, 0.3) is 0 Å². The van der Waals surface area contributed by atoms with E-state index in [1.165, 1.54) is 22.3 Å². The first-order chi connectivity index (χ1) is 35.6.